The topological polar surface area (TPSA) is 107 Å². The molecule has 0 aromatic heterocycles. The highest BCUT2D eigenvalue weighted by atomic mass is 16.6. The van der Waals surface area contributed by atoms with Gasteiger partial charge in [0.25, 0.3) is 0 Å². The molecule has 0 spiro atoms. The molecule has 7 heteroatoms. The molecule has 0 saturated carbocycles. The van der Waals surface area contributed by atoms with Gasteiger partial charge in [-0.1, -0.05) is 0 Å². The Morgan fingerprint density at radius 2 is 1.74 bits per heavy atom. The molecule has 1 aliphatic heterocycles. The van der Waals surface area contributed by atoms with Crippen LogP contribution in [0.15, 0.2) is 0 Å². The van der Waals surface area contributed by atoms with Crippen molar-refractivity contribution >= 4 is 12.1 Å². The van der Waals surface area contributed by atoms with Crippen molar-refractivity contribution in [1.82, 2.24) is 4.90 Å². The van der Waals surface area contributed by atoms with Gasteiger partial charge < -0.3 is 25.0 Å². The quantitative estimate of drug-likeness (QED) is 0.664. The maximum Gasteiger partial charge on any atom is 0.410 e. The fraction of sp³-hybridized carbons (Fsp3) is 0.833. The van der Waals surface area contributed by atoms with Gasteiger partial charge in [-0.25, -0.2) is 9.59 Å². The predicted octanol–water partition coefficient (Wildman–Crippen LogP) is 0.194. The van der Waals surface area contributed by atoms with E-state index in [2.05, 4.69) is 0 Å². The third-order valence-corrected chi connectivity index (χ3v) is 3.02. The summed E-state index contributed by atoms with van der Waals surface area (Å²) in [4.78, 5) is 23.9. The standard InChI is InChI=1S/C12H21NO6/c1-11(2,3)19-10(17)13-6-4-12(18,5-7-13)8(14)9(15)16/h8,14,18H,4-7H2,1-3H3,(H,15,16). The fourth-order valence-corrected chi connectivity index (χ4v) is 1.91. The molecule has 1 atom stereocenters. The minimum Gasteiger partial charge on any atom is -0.479 e. The molecule has 3 N–H and O–H groups in total. The first kappa shape index (κ1) is 15.7. The van der Waals surface area contributed by atoms with Gasteiger partial charge in [-0.2, -0.15) is 0 Å². The molecule has 1 saturated heterocycles. The summed E-state index contributed by atoms with van der Waals surface area (Å²) >= 11 is 0. The molecule has 0 aliphatic carbocycles. The third-order valence-electron chi connectivity index (χ3n) is 3.02. The van der Waals surface area contributed by atoms with Crippen LogP contribution in [0, 0.1) is 0 Å². The first-order valence-corrected chi connectivity index (χ1v) is 6.16. The number of carbonyl (C=O) groups excluding carboxylic acids is 1. The lowest BCUT2D eigenvalue weighted by Gasteiger charge is -2.39. The molecule has 1 aliphatic rings. The fourth-order valence-electron chi connectivity index (χ4n) is 1.91. The number of carboxylic acids is 1. The highest BCUT2D eigenvalue weighted by Crippen LogP contribution is 2.27. The number of likely N-dealkylation sites (tertiary alicyclic amines) is 1. The van der Waals surface area contributed by atoms with Gasteiger partial charge >= 0.3 is 12.1 Å². The van der Waals surface area contributed by atoms with Crippen molar-refractivity contribution in [1.29, 1.82) is 0 Å². The number of ether oxygens (including phenoxy) is 1. The van der Waals surface area contributed by atoms with Crippen molar-refractivity contribution in [3.8, 4) is 0 Å². The van der Waals surface area contributed by atoms with E-state index in [1.165, 1.54) is 4.90 Å². The van der Waals surface area contributed by atoms with E-state index in [1.807, 2.05) is 0 Å². The second-order valence-corrected chi connectivity index (χ2v) is 5.81. The minimum atomic E-state index is -1.84. The summed E-state index contributed by atoms with van der Waals surface area (Å²) in [5.74, 6) is -1.46. The molecule has 19 heavy (non-hydrogen) atoms. The number of aliphatic carboxylic acids is 1. The first-order valence-electron chi connectivity index (χ1n) is 6.16. The molecule has 1 unspecified atom stereocenters. The molecule has 0 aromatic rings. The SMILES string of the molecule is CC(C)(C)OC(=O)N1CCC(O)(C(O)C(=O)O)CC1. The van der Waals surface area contributed by atoms with Crippen molar-refractivity contribution < 1.29 is 29.6 Å². The Labute approximate surface area is 111 Å². The zero-order chi connectivity index (χ0) is 14.8. The number of nitrogens with zero attached hydrogens (tertiary/aromatic N) is 1. The minimum absolute atomic E-state index is 0.000288. The van der Waals surface area contributed by atoms with Gasteiger partial charge in [-0.3, -0.25) is 0 Å². The van der Waals surface area contributed by atoms with Crippen LogP contribution in [-0.2, 0) is 9.53 Å². The summed E-state index contributed by atoms with van der Waals surface area (Å²) in [7, 11) is 0. The first-order chi connectivity index (χ1) is 8.55. The summed E-state index contributed by atoms with van der Waals surface area (Å²) in [6, 6.07) is 0. The summed E-state index contributed by atoms with van der Waals surface area (Å²) in [5.41, 5.74) is -2.30. The Morgan fingerprint density at radius 3 is 2.11 bits per heavy atom. The average Bonchev–Trinajstić information content (AvgIpc) is 2.26. The summed E-state index contributed by atoms with van der Waals surface area (Å²) in [5, 5.41) is 28.2. The van der Waals surface area contributed by atoms with Crippen molar-refractivity contribution in [2.24, 2.45) is 0 Å². The van der Waals surface area contributed by atoms with Gasteiger partial charge in [0, 0.05) is 13.1 Å². The Hall–Kier alpha value is -1.34. The molecule has 0 radical (unpaired) electrons. The molecule has 110 valence electrons. The number of aliphatic hydroxyl groups is 2. The van der Waals surface area contributed by atoms with Crippen LogP contribution in [0.2, 0.25) is 0 Å². The molecule has 0 bridgehead atoms. The number of piperidine rings is 1. The Morgan fingerprint density at radius 1 is 1.26 bits per heavy atom. The van der Waals surface area contributed by atoms with Crippen LogP contribution in [0.4, 0.5) is 4.79 Å². The second-order valence-electron chi connectivity index (χ2n) is 5.81. The van der Waals surface area contributed by atoms with Crippen LogP contribution in [0.3, 0.4) is 0 Å². The number of hydrogen-bond acceptors (Lipinski definition) is 5. The van der Waals surface area contributed by atoms with Gasteiger partial charge in [-0.15, -0.1) is 0 Å². The number of amides is 1. The maximum atomic E-state index is 11.8. The van der Waals surface area contributed by atoms with Crippen molar-refractivity contribution in [2.75, 3.05) is 13.1 Å². The van der Waals surface area contributed by atoms with E-state index >= 15 is 0 Å². The zero-order valence-corrected chi connectivity index (χ0v) is 11.4. The van der Waals surface area contributed by atoms with Gasteiger partial charge in [0.2, 0.25) is 0 Å². The number of rotatable bonds is 2. The smallest absolute Gasteiger partial charge is 0.410 e. The van der Waals surface area contributed by atoms with Crippen LogP contribution >= 0.6 is 0 Å². The second kappa shape index (κ2) is 5.34. The summed E-state index contributed by atoms with van der Waals surface area (Å²) in [6.07, 6.45) is -2.34. The van der Waals surface area contributed by atoms with E-state index in [0.717, 1.165) is 0 Å². The van der Waals surface area contributed by atoms with Gasteiger partial charge in [0.1, 0.15) is 11.2 Å². The third kappa shape index (κ3) is 4.07. The lowest BCUT2D eigenvalue weighted by atomic mass is 9.86. The average molecular weight is 275 g/mol. The van der Waals surface area contributed by atoms with Crippen LogP contribution < -0.4 is 0 Å². The lowest BCUT2D eigenvalue weighted by molar-refractivity contribution is -0.168. The molecule has 7 nitrogen and oxygen atoms in total. The maximum absolute atomic E-state index is 11.8. The number of carboxylic acid groups (broad SMARTS) is 1. The predicted molar refractivity (Wildman–Crippen MR) is 65.6 cm³/mol. The van der Waals surface area contributed by atoms with Crippen LogP contribution in [0.25, 0.3) is 0 Å². The van der Waals surface area contributed by atoms with E-state index in [0.29, 0.717) is 0 Å². The van der Waals surface area contributed by atoms with E-state index in [4.69, 9.17) is 9.84 Å². The molecule has 1 amide bonds. The number of carbonyl (C=O) groups is 2. The van der Waals surface area contributed by atoms with E-state index in [1.54, 1.807) is 20.8 Å². The van der Waals surface area contributed by atoms with Gasteiger partial charge in [-0.05, 0) is 33.6 Å². The monoisotopic (exact) mass is 275 g/mol. The molecule has 1 fully saturated rings. The summed E-state index contributed by atoms with van der Waals surface area (Å²) < 4.78 is 5.18. The van der Waals surface area contributed by atoms with Crippen LogP contribution in [0.1, 0.15) is 33.6 Å². The Kier molecular flexibility index (Phi) is 4.42. The summed E-state index contributed by atoms with van der Waals surface area (Å²) in [6.45, 7) is 5.55. The molecule has 0 aromatic carbocycles. The Bertz CT molecular complexity index is 354. The van der Waals surface area contributed by atoms with Crippen LogP contribution in [-0.4, -0.2) is 62.7 Å². The highest BCUT2D eigenvalue weighted by molar-refractivity contribution is 5.74. The molecular weight excluding hydrogens is 254 g/mol. The molecular formula is C12H21NO6. The largest absolute Gasteiger partial charge is 0.479 e. The normalized spacial score (nSPS) is 20.8. The van der Waals surface area contributed by atoms with Gasteiger partial charge in [0.05, 0.1) is 0 Å². The van der Waals surface area contributed by atoms with E-state index in [9.17, 15) is 19.8 Å². The number of aliphatic hydroxyl groups excluding tert-OH is 1. The van der Waals surface area contributed by atoms with Crippen molar-refractivity contribution in [2.45, 2.75) is 50.9 Å². The van der Waals surface area contributed by atoms with E-state index < -0.39 is 29.4 Å². The lowest BCUT2D eigenvalue weighted by Crippen LogP contribution is -2.55. The molecule has 1 rings (SSSR count). The van der Waals surface area contributed by atoms with Crippen LogP contribution in [0.5, 0.6) is 0 Å². The molecule has 1 heterocycles. The van der Waals surface area contributed by atoms with E-state index in [-0.39, 0.29) is 25.9 Å². The Balaban J connectivity index is 2.58. The van der Waals surface area contributed by atoms with Crippen molar-refractivity contribution in [3.63, 3.8) is 0 Å². The zero-order valence-electron chi connectivity index (χ0n) is 11.4. The number of hydrogen-bond donors (Lipinski definition) is 3. The van der Waals surface area contributed by atoms with Crippen molar-refractivity contribution in [3.05, 3.63) is 0 Å². The highest BCUT2D eigenvalue weighted by Gasteiger charge is 2.44. The van der Waals surface area contributed by atoms with Gasteiger partial charge in [0.15, 0.2) is 6.10 Å².